The molecule has 3 saturated carbocycles. The van der Waals surface area contributed by atoms with Crippen LogP contribution in [0.1, 0.15) is 51.9 Å². The molecule has 0 aromatic rings. The molecule has 0 radical (unpaired) electrons. The Hall–Kier alpha value is -0.0400. The van der Waals surface area contributed by atoms with Crippen LogP contribution >= 0.6 is 0 Å². The molecular formula is C12H23N. The van der Waals surface area contributed by atoms with E-state index in [9.17, 15) is 0 Å². The number of fused-ring (bicyclic) bond motifs is 3. The fraction of sp³-hybridized carbons (Fsp3) is 1.00. The van der Waals surface area contributed by atoms with Gasteiger partial charge in [0.2, 0.25) is 0 Å². The van der Waals surface area contributed by atoms with Gasteiger partial charge in [-0.15, -0.1) is 0 Å². The molecule has 2 unspecified atom stereocenters. The molecule has 76 valence electrons. The molecule has 0 aromatic heterocycles. The van der Waals surface area contributed by atoms with Crippen molar-refractivity contribution in [1.82, 2.24) is 0 Å². The molecule has 3 aliphatic rings. The zero-order valence-corrected chi connectivity index (χ0v) is 8.84. The van der Waals surface area contributed by atoms with Gasteiger partial charge in [0.25, 0.3) is 0 Å². The summed E-state index contributed by atoms with van der Waals surface area (Å²) in [6, 6.07) is 0.512. The summed E-state index contributed by atoms with van der Waals surface area (Å²) in [7, 11) is 0. The van der Waals surface area contributed by atoms with Gasteiger partial charge < -0.3 is 5.73 Å². The summed E-state index contributed by atoms with van der Waals surface area (Å²) in [5.74, 6) is 2.91. The van der Waals surface area contributed by atoms with E-state index in [0.29, 0.717) is 6.04 Å². The van der Waals surface area contributed by atoms with Gasteiger partial charge >= 0.3 is 0 Å². The molecule has 0 aliphatic heterocycles. The van der Waals surface area contributed by atoms with Crippen LogP contribution in [0.15, 0.2) is 0 Å². The standard InChI is InChI=1S/C12H23N/c1-2-3-12(13)11-8-9-4-6-10(11)7-5-9/h9-12H,2-8,13H2,1H3. The monoisotopic (exact) mass is 181 g/mol. The molecule has 3 aliphatic carbocycles. The lowest BCUT2D eigenvalue weighted by atomic mass is 9.62. The van der Waals surface area contributed by atoms with Gasteiger partial charge in [-0.3, -0.25) is 0 Å². The van der Waals surface area contributed by atoms with Crippen LogP contribution in [0.3, 0.4) is 0 Å². The molecule has 0 aromatic carbocycles. The van der Waals surface area contributed by atoms with Crippen molar-refractivity contribution in [1.29, 1.82) is 0 Å². The molecule has 0 amide bonds. The zero-order valence-electron chi connectivity index (χ0n) is 8.84. The molecule has 1 nitrogen and oxygen atoms in total. The fourth-order valence-corrected chi connectivity index (χ4v) is 3.50. The Morgan fingerprint density at radius 2 is 1.92 bits per heavy atom. The lowest BCUT2D eigenvalue weighted by Gasteiger charge is -2.45. The van der Waals surface area contributed by atoms with Gasteiger partial charge in [-0.2, -0.15) is 0 Å². The van der Waals surface area contributed by atoms with Crippen molar-refractivity contribution >= 4 is 0 Å². The summed E-state index contributed by atoms with van der Waals surface area (Å²) in [5, 5.41) is 0. The molecule has 0 saturated heterocycles. The lowest BCUT2D eigenvalue weighted by molar-refractivity contribution is 0.0785. The van der Waals surface area contributed by atoms with Crippen molar-refractivity contribution in [2.75, 3.05) is 0 Å². The fourth-order valence-electron chi connectivity index (χ4n) is 3.50. The molecule has 2 atom stereocenters. The van der Waals surface area contributed by atoms with Crippen molar-refractivity contribution < 1.29 is 0 Å². The van der Waals surface area contributed by atoms with E-state index in [0.717, 1.165) is 17.8 Å². The van der Waals surface area contributed by atoms with E-state index < -0.39 is 0 Å². The molecule has 0 spiro atoms. The van der Waals surface area contributed by atoms with Crippen LogP contribution < -0.4 is 5.73 Å². The van der Waals surface area contributed by atoms with Gasteiger partial charge in [-0.05, 0) is 43.4 Å². The molecule has 2 N–H and O–H groups in total. The summed E-state index contributed by atoms with van der Waals surface area (Å²) in [6.07, 6.45) is 9.91. The summed E-state index contributed by atoms with van der Waals surface area (Å²) in [5.41, 5.74) is 6.25. The Bertz CT molecular complexity index is 159. The van der Waals surface area contributed by atoms with E-state index in [1.54, 1.807) is 0 Å². The van der Waals surface area contributed by atoms with Crippen LogP contribution in [-0.4, -0.2) is 6.04 Å². The van der Waals surface area contributed by atoms with E-state index >= 15 is 0 Å². The minimum Gasteiger partial charge on any atom is -0.327 e. The highest BCUT2D eigenvalue weighted by molar-refractivity contribution is 4.90. The minimum absolute atomic E-state index is 0.512. The van der Waals surface area contributed by atoms with E-state index in [-0.39, 0.29) is 0 Å². The second-order valence-corrected chi connectivity index (χ2v) is 5.13. The molecule has 3 rings (SSSR count). The van der Waals surface area contributed by atoms with E-state index in [1.807, 2.05) is 0 Å². The maximum Gasteiger partial charge on any atom is 0.00698 e. The number of nitrogens with two attached hydrogens (primary N) is 1. The lowest BCUT2D eigenvalue weighted by Crippen LogP contribution is -2.42. The van der Waals surface area contributed by atoms with Gasteiger partial charge in [-0.1, -0.05) is 26.2 Å². The Morgan fingerprint density at radius 1 is 1.23 bits per heavy atom. The summed E-state index contributed by atoms with van der Waals surface area (Å²) < 4.78 is 0. The SMILES string of the molecule is CCCC(N)C1CC2CCC1CC2. The van der Waals surface area contributed by atoms with Crippen LogP contribution in [-0.2, 0) is 0 Å². The first kappa shape index (κ1) is 9.51. The zero-order chi connectivity index (χ0) is 9.26. The Kier molecular flexibility index (Phi) is 2.92. The summed E-state index contributed by atoms with van der Waals surface area (Å²) in [4.78, 5) is 0. The van der Waals surface area contributed by atoms with Crippen molar-refractivity contribution in [3.63, 3.8) is 0 Å². The van der Waals surface area contributed by atoms with Gasteiger partial charge in [0.15, 0.2) is 0 Å². The van der Waals surface area contributed by atoms with E-state index in [1.165, 1.54) is 44.9 Å². The topological polar surface area (TPSA) is 26.0 Å². The first-order valence-corrected chi connectivity index (χ1v) is 6.06. The Morgan fingerprint density at radius 3 is 2.38 bits per heavy atom. The average Bonchev–Trinajstić information content (AvgIpc) is 2.20. The molecule has 2 bridgehead atoms. The summed E-state index contributed by atoms with van der Waals surface area (Å²) >= 11 is 0. The van der Waals surface area contributed by atoms with Crippen LogP contribution in [0, 0.1) is 17.8 Å². The van der Waals surface area contributed by atoms with E-state index in [4.69, 9.17) is 5.73 Å². The normalized spacial score (nSPS) is 40.6. The quantitative estimate of drug-likeness (QED) is 0.711. The molecule has 13 heavy (non-hydrogen) atoms. The van der Waals surface area contributed by atoms with Crippen molar-refractivity contribution in [2.45, 2.75) is 57.9 Å². The predicted molar refractivity (Wildman–Crippen MR) is 56.4 cm³/mol. The van der Waals surface area contributed by atoms with Gasteiger partial charge in [-0.25, -0.2) is 0 Å². The third-order valence-electron chi connectivity index (χ3n) is 4.27. The van der Waals surface area contributed by atoms with Crippen molar-refractivity contribution in [3.05, 3.63) is 0 Å². The number of rotatable bonds is 3. The average molecular weight is 181 g/mol. The van der Waals surface area contributed by atoms with Crippen LogP contribution in [0.4, 0.5) is 0 Å². The minimum atomic E-state index is 0.512. The summed E-state index contributed by atoms with van der Waals surface area (Å²) in [6.45, 7) is 2.25. The Balaban J connectivity index is 1.92. The smallest absolute Gasteiger partial charge is 0.00698 e. The van der Waals surface area contributed by atoms with Crippen LogP contribution in [0.5, 0.6) is 0 Å². The second-order valence-electron chi connectivity index (χ2n) is 5.13. The highest BCUT2D eigenvalue weighted by Gasteiger charge is 2.37. The van der Waals surface area contributed by atoms with Crippen LogP contribution in [0.25, 0.3) is 0 Å². The van der Waals surface area contributed by atoms with Crippen molar-refractivity contribution in [2.24, 2.45) is 23.5 Å². The third-order valence-corrected chi connectivity index (χ3v) is 4.27. The van der Waals surface area contributed by atoms with Crippen LogP contribution in [0.2, 0.25) is 0 Å². The van der Waals surface area contributed by atoms with Gasteiger partial charge in [0.05, 0.1) is 0 Å². The maximum atomic E-state index is 6.25. The van der Waals surface area contributed by atoms with Gasteiger partial charge in [0, 0.05) is 6.04 Å². The number of hydrogen-bond donors (Lipinski definition) is 1. The number of hydrogen-bond acceptors (Lipinski definition) is 1. The molecular weight excluding hydrogens is 158 g/mol. The first-order valence-electron chi connectivity index (χ1n) is 6.06. The predicted octanol–water partition coefficient (Wildman–Crippen LogP) is 2.94. The van der Waals surface area contributed by atoms with Crippen molar-refractivity contribution in [3.8, 4) is 0 Å². The Labute approximate surface area is 82.1 Å². The second kappa shape index (κ2) is 4.00. The van der Waals surface area contributed by atoms with E-state index in [2.05, 4.69) is 6.92 Å². The highest BCUT2D eigenvalue weighted by Crippen LogP contribution is 2.46. The molecule has 0 heterocycles. The van der Waals surface area contributed by atoms with Gasteiger partial charge in [0.1, 0.15) is 0 Å². The molecule has 1 heteroatoms. The largest absolute Gasteiger partial charge is 0.327 e. The highest BCUT2D eigenvalue weighted by atomic mass is 14.7. The third kappa shape index (κ3) is 1.90. The maximum absolute atomic E-state index is 6.25. The molecule has 3 fully saturated rings. The first-order chi connectivity index (χ1) is 6.31.